The number of aromatic amines is 1. The van der Waals surface area contributed by atoms with E-state index in [0.717, 1.165) is 6.20 Å². The Balaban J connectivity index is 2.40. The molecule has 0 saturated heterocycles. The second-order valence-electron chi connectivity index (χ2n) is 4.23. The lowest BCUT2D eigenvalue weighted by atomic mass is 10.1. The molecule has 0 saturated carbocycles. The van der Waals surface area contributed by atoms with E-state index in [-0.39, 0.29) is 17.8 Å². The van der Waals surface area contributed by atoms with Gasteiger partial charge in [-0.25, -0.2) is 0 Å². The molecule has 0 bridgehead atoms. The van der Waals surface area contributed by atoms with Gasteiger partial charge in [-0.1, -0.05) is 11.8 Å². The highest BCUT2D eigenvalue weighted by atomic mass is 16.6. The number of amides is 1. The van der Waals surface area contributed by atoms with Crippen molar-refractivity contribution in [3.8, 4) is 11.8 Å². The number of fused-ring (bicyclic) bond motifs is 1. The summed E-state index contributed by atoms with van der Waals surface area (Å²) in [6.45, 7) is 1.58. The fraction of sp³-hybridized carbons (Fsp3) is 0.143. The van der Waals surface area contributed by atoms with E-state index < -0.39 is 16.0 Å². The molecule has 0 spiro atoms. The summed E-state index contributed by atoms with van der Waals surface area (Å²) in [5, 5.41) is 13.5. The van der Waals surface area contributed by atoms with Crippen molar-refractivity contribution in [1.29, 1.82) is 0 Å². The number of hydrogen-bond donors (Lipinski definition) is 2. The average Bonchev–Trinajstić information content (AvgIpc) is 2.44. The van der Waals surface area contributed by atoms with Crippen LogP contribution in [0.3, 0.4) is 0 Å². The Bertz CT molecular complexity index is 843. The van der Waals surface area contributed by atoms with Crippen molar-refractivity contribution in [2.45, 2.75) is 6.92 Å². The van der Waals surface area contributed by atoms with Crippen LogP contribution in [0.5, 0.6) is 0 Å². The first kappa shape index (κ1) is 14.3. The molecule has 0 fully saturated rings. The minimum atomic E-state index is -0.729. The molecular weight excluding hydrogens is 274 g/mol. The summed E-state index contributed by atoms with van der Waals surface area (Å²) >= 11 is 0. The molecule has 0 aliphatic heterocycles. The van der Waals surface area contributed by atoms with Crippen LogP contribution in [0.2, 0.25) is 0 Å². The third-order valence-corrected chi connectivity index (χ3v) is 2.72. The Morgan fingerprint density at radius 1 is 1.48 bits per heavy atom. The number of nitro groups is 1. The van der Waals surface area contributed by atoms with Gasteiger partial charge in [0.25, 0.3) is 5.43 Å². The predicted octanol–water partition coefficient (Wildman–Crippen LogP) is 0.924. The molecule has 2 rings (SSSR count). The smallest absolute Gasteiger partial charge is 0.332 e. The molecule has 2 aromatic rings. The predicted molar refractivity (Wildman–Crippen MR) is 76.8 cm³/mol. The quantitative estimate of drug-likeness (QED) is 0.486. The van der Waals surface area contributed by atoms with E-state index in [1.807, 2.05) is 0 Å². The molecule has 2 N–H and O–H groups in total. The first-order chi connectivity index (χ1) is 9.99. The van der Waals surface area contributed by atoms with Crippen LogP contribution in [0.1, 0.15) is 12.5 Å². The number of hydrogen-bond acceptors (Lipinski definition) is 4. The van der Waals surface area contributed by atoms with Crippen LogP contribution >= 0.6 is 0 Å². The normalized spacial score (nSPS) is 9.76. The third kappa shape index (κ3) is 3.25. The van der Waals surface area contributed by atoms with Gasteiger partial charge in [0.15, 0.2) is 0 Å². The summed E-state index contributed by atoms with van der Waals surface area (Å²) < 4.78 is 0. The molecule has 7 nitrogen and oxygen atoms in total. The van der Waals surface area contributed by atoms with E-state index in [0.29, 0.717) is 11.1 Å². The zero-order chi connectivity index (χ0) is 15.4. The number of nitrogens with zero attached hydrogens (tertiary/aromatic N) is 1. The SMILES string of the molecule is CC(=O)NCC#Cc1ccc2[nH]cc([N+](=O)[O-])c(=O)c2c1. The molecule has 106 valence electrons. The standard InChI is InChI=1S/C14H11N3O4/c1-9(18)15-6-2-3-10-4-5-12-11(7-10)14(19)13(8-16-12)17(20)21/h4-5,7-8H,6H2,1H3,(H,15,18)(H,16,19). The molecule has 21 heavy (non-hydrogen) atoms. The monoisotopic (exact) mass is 285 g/mol. The summed E-state index contributed by atoms with van der Waals surface area (Å²) in [5.74, 6) is 5.32. The van der Waals surface area contributed by atoms with Crippen LogP contribution in [0.4, 0.5) is 5.69 Å². The maximum atomic E-state index is 12.0. The van der Waals surface area contributed by atoms with Crippen LogP contribution in [-0.2, 0) is 4.79 Å². The molecule has 0 aliphatic carbocycles. The zero-order valence-electron chi connectivity index (χ0n) is 11.1. The minimum absolute atomic E-state index is 0.185. The Kier molecular flexibility index (Phi) is 4.00. The molecule has 0 aliphatic rings. The van der Waals surface area contributed by atoms with Gasteiger partial charge >= 0.3 is 5.69 Å². The largest absolute Gasteiger partial charge is 0.355 e. The van der Waals surface area contributed by atoms with Gasteiger partial charge in [0.2, 0.25) is 5.91 Å². The minimum Gasteiger partial charge on any atom is -0.355 e. The van der Waals surface area contributed by atoms with Gasteiger partial charge in [-0.2, -0.15) is 0 Å². The van der Waals surface area contributed by atoms with Crippen LogP contribution in [-0.4, -0.2) is 22.4 Å². The van der Waals surface area contributed by atoms with E-state index in [4.69, 9.17) is 0 Å². The van der Waals surface area contributed by atoms with Gasteiger partial charge < -0.3 is 10.3 Å². The zero-order valence-corrected chi connectivity index (χ0v) is 11.1. The van der Waals surface area contributed by atoms with Crippen molar-refractivity contribution >= 4 is 22.5 Å². The number of nitrogens with one attached hydrogen (secondary N) is 2. The molecule has 7 heteroatoms. The van der Waals surface area contributed by atoms with E-state index in [9.17, 15) is 19.7 Å². The number of aromatic nitrogens is 1. The number of benzene rings is 1. The van der Waals surface area contributed by atoms with Crippen molar-refractivity contribution < 1.29 is 9.72 Å². The number of carbonyl (C=O) groups is 1. The maximum Gasteiger partial charge on any atom is 0.332 e. The van der Waals surface area contributed by atoms with Crippen molar-refractivity contribution in [1.82, 2.24) is 10.3 Å². The molecule has 1 aromatic heterocycles. The van der Waals surface area contributed by atoms with Crippen LogP contribution < -0.4 is 10.7 Å². The van der Waals surface area contributed by atoms with E-state index in [1.54, 1.807) is 12.1 Å². The number of carbonyl (C=O) groups excluding carboxylic acids is 1. The van der Waals surface area contributed by atoms with Crippen LogP contribution in [0.25, 0.3) is 10.9 Å². The second-order valence-corrected chi connectivity index (χ2v) is 4.23. The Hall–Kier alpha value is -3.14. The Labute approximate surface area is 119 Å². The van der Waals surface area contributed by atoms with Crippen molar-refractivity contribution in [3.63, 3.8) is 0 Å². The lowest BCUT2D eigenvalue weighted by Gasteiger charge is -1.98. The van der Waals surface area contributed by atoms with Crippen LogP contribution in [0.15, 0.2) is 29.2 Å². The summed E-state index contributed by atoms with van der Waals surface area (Å²) in [6, 6.07) is 4.80. The van der Waals surface area contributed by atoms with Gasteiger partial charge in [0, 0.05) is 18.0 Å². The number of pyridine rings is 1. The van der Waals surface area contributed by atoms with Gasteiger partial charge in [0.1, 0.15) is 0 Å². The fourth-order valence-electron chi connectivity index (χ4n) is 1.74. The van der Waals surface area contributed by atoms with Gasteiger partial charge in [-0.3, -0.25) is 19.7 Å². The van der Waals surface area contributed by atoms with Gasteiger partial charge in [-0.05, 0) is 18.2 Å². The molecule has 0 radical (unpaired) electrons. The topological polar surface area (TPSA) is 105 Å². The Morgan fingerprint density at radius 3 is 2.90 bits per heavy atom. The second kappa shape index (κ2) is 5.88. The summed E-state index contributed by atoms with van der Waals surface area (Å²) in [7, 11) is 0. The Morgan fingerprint density at radius 2 is 2.24 bits per heavy atom. The van der Waals surface area contributed by atoms with E-state index in [1.165, 1.54) is 13.0 Å². The number of rotatable bonds is 2. The van der Waals surface area contributed by atoms with E-state index in [2.05, 4.69) is 22.1 Å². The third-order valence-electron chi connectivity index (χ3n) is 2.72. The van der Waals surface area contributed by atoms with Crippen molar-refractivity contribution in [2.75, 3.05) is 6.54 Å². The highest BCUT2D eigenvalue weighted by molar-refractivity contribution is 5.81. The molecule has 1 aromatic carbocycles. The van der Waals surface area contributed by atoms with Gasteiger partial charge in [0.05, 0.1) is 23.1 Å². The van der Waals surface area contributed by atoms with Crippen molar-refractivity contribution in [3.05, 3.63) is 50.3 Å². The molecule has 0 unspecified atom stereocenters. The molecule has 0 atom stereocenters. The van der Waals surface area contributed by atoms with Gasteiger partial charge in [-0.15, -0.1) is 0 Å². The summed E-state index contributed by atoms with van der Waals surface area (Å²) in [6.07, 6.45) is 1.08. The molecule has 1 heterocycles. The molecule has 1 amide bonds. The first-order valence-corrected chi connectivity index (χ1v) is 6.02. The average molecular weight is 285 g/mol. The highest BCUT2D eigenvalue weighted by Gasteiger charge is 2.14. The fourth-order valence-corrected chi connectivity index (χ4v) is 1.74. The summed E-state index contributed by atoms with van der Waals surface area (Å²) in [4.78, 5) is 35.4. The highest BCUT2D eigenvalue weighted by Crippen LogP contribution is 2.13. The van der Waals surface area contributed by atoms with Crippen LogP contribution in [0, 0.1) is 22.0 Å². The first-order valence-electron chi connectivity index (χ1n) is 6.02. The maximum absolute atomic E-state index is 12.0. The lowest BCUT2D eigenvalue weighted by molar-refractivity contribution is -0.386. The van der Waals surface area contributed by atoms with E-state index >= 15 is 0 Å². The van der Waals surface area contributed by atoms with Crippen molar-refractivity contribution in [2.24, 2.45) is 0 Å². The molecular formula is C14H11N3O4. The summed E-state index contributed by atoms with van der Waals surface area (Å²) in [5.41, 5.74) is -0.123. The lowest BCUT2D eigenvalue weighted by Crippen LogP contribution is -2.19. The number of H-pyrrole nitrogens is 1.